The molecule has 2 fully saturated rings. The van der Waals surface area contributed by atoms with Crippen molar-refractivity contribution < 1.29 is 13.2 Å². The smallest absolute Gasteiger partial charge is 0.282 e. The number of carbonyl (C=O) groups excluding carboxylic acids is 1. The van der Waals surface area contributed by atoms with Gasteiger partial charge in [-0.1, -0.05) is 23.7 Å². The van der Waals surface area contributed by atoms with Crippen LogP contribution in [-0.2, 0) is 10.0 Å². The average molecular weight is 491 g/mol. The third kappa shape index (κ3) is 4.15. The molecule has 0 saturated carbocycles. The first kappa shape index (κ1) is 21.8. The summed E-state index contributed by atoms with van der Waals surface area (Å²) in [4.78, 5) is 20.3. The lowest BCUT2D eigenvalue weighted by Crippen LogP contribution is -2.50. The maximum Gasteiger partial charge on any atom is 0.282 e. The van der Waals surface area contributed by atoms with Gasteiger partial charge in [-0.05, 0) is 48.0 Å². The minimum absolute atomic E-state index is 0.119. The Kier molecular flexibility index (Phi) is 5.94. The first-order valence-corrected chi connectivity index (χ1v) is 13.2. The maximum atomic E-state index is 13.2. The summed E-state index contributed by atoms with van der Waals surface area (Å²) >= 11 is 7.48. The lowest BCUT2D eigenvalue weighted by molar-refractivity contribution is 0.0697. The van der Waals surface area contributed by atoms with Gasteiger partial charge in [0.05, 0.1) is 4.90 Å². The Bertz CT molecular complexity index is 1260. The molecule has 2 aliphatic heterocycles. The minimum atomic E-state index is -3.64. The van der Waals surface area contributed by atoms with Gasteiger partial charge in [-0.3, -0.25) is 4.79 Å². The zero-order valence-corrected chi connectivity index (χ0v) is 19.7. The van der Waals surface area contributed by atoms with Crippen LogP contribution in [0.4, 0.5) is 0 Å². The van der Waals surface area contributed by atoms with Crippen LogP contribution in [0.2, 0.25) is 5.02 Å². The number of fused-ring (bicyclic) bond motifs is 1. The highest BCUT2D eigenvalue weighted by molar-refractivity contribution is 7.89. The Morgan fingerprint density at radius 3 is 2.59 bits per heavy atom. The van der Waals surface area contributed by atoms with Crippen LogP contribution in [0.25, 0.3) is 10.8 Å². The molecule has 1 atom stereocenters. The number of halogens is 1. The Morgan fingerprint density at radius 2 is 1.84 bits per heavy atom. The summed E-state index contributed by atoms with van der Waals surface area (Å²) in [5, 5.41) is 6.14. The molecule has 168 valence electrons. The first-order valence-electron chi connectivity index (χ1n) is 10.6. The van der Waals surface area contributed by atoms with Crippen molar-refractivity contribution in [1.29, 1.82) is 0 Å². The van der Waals surface area contributed by atoms with E-state index in [1.54, 1.807) is 29.2 Å². The molecule has 0 aliphatic carbocycles. The lowest BCUT2D eigenvalue weighted by atomic mass is 10.1. The predicted octanol–water partition coefficient (Wildman–Crippen LogP) is 3.17. The summed E-state index contributed by atoms with van der Waals surface area (Å²) in [6.07, 6.45) is 2.87. The summed E-state index contributed by atoms with van der Waals surface area (Å²) < 4.78 is 27.8. The number of sulfonamides is 1. The Balaban J connectivity index is 1.26. The molecule has 1 aromatic heterocycles. The number of aromatic nitrogens is 1. The number of benzene rings is 2. The van der Waals surface area contributed by atoms with E-state index in [4.69, 9.17) is 11.6 Å². The van der Waals surface area contributed by atoms with E-state index in [1.165, 1.54) is 15.6 Å². The summed E-state index contributed by atoms with van der Waals surface area (Å²) in [6, 6.07) is 10.4. The van der Waals surface area contributed by atoms with Crippen molar-refractivity contribution in [2.45, 2.75) is 17.2 Å². The second-order valence-corrected chi connectivity index (χ2v) is 11.5. The van der Waals surface area contributed by atoms with Gasteiger partial charge in [-0.15, -0.1) is 11.3 Å². The van der Waals surface area contributed by atoms with Gasteiger partial charge < -0.3 is 10.2 Å². The molecule has 32 heavy (non-hydrogen) atoms. The van der Waals surface area contributed by atoms with Crippen molar-refractivity contribution in [3.05, 3.63) is 57.5 Å². The number of piperazine rings is 1. The molecule has 1 amide bonds. The number of hydrogen-bond acceptors (Lipinski definition) is 6. The Morgan fingerprint density at radius 1 is 1.09 bits per heavy atom. The molecule has 3 aromatic rings. The van der Waals surface area contributed by atoms with Crippen LogP contribution < -0.4 is 5.32 Å². The lowest BCUT2D eigenvalue weighted by Gasteiger charge is -2.33. The van der Waals surface area contributed by atoms with Gasteiger partial charge in [0, 0.05) is 54.7 Å². The van der Waals surface area contributed by atoms with Gasteiger partial charge in [0.25, 0.3) is 5.91 Å². The van der Waals surface area contributed by atoms with Crippen molar-refractivity contribution in [2.24, 2.45) is 0 Å². The van der Waals surface area contributed by atoms with Gasteiger partial charge >= 0.3 is 0 Å². The highest BCUT2D eigenvalue weighted by Gasteiger charge is 2.32. The summed E-state index contributed by atoms with van der Waals surface area (Å²) in [7, 11) is -3.64. The second kappa shape index (κ2) is 8.72. The van der Waals surface area contributed by atoms with Crippen molar-refractivity contribution in [2.75, 3.05) is 39.3 Å². The van der Waals surface area contributed by atoms with E-state index in [0.29, 0.717) is 29.0 Å². The molecule has 10 heteroatoms. The molecule has 2 aliphatic rings. The van der Waals surface area contributed by atoms with E-state index < -0.39 is 10.0 Å². The van der Waals surface area contributed by atoms with Crippen LogP contribution in [0.3, 0.4) is 0 Å². The molecule has 0 radical (unpaired) electrons. The van der Waals surface area contributed by atoms with Crippen LogP contribution in [0.15, 0.2) is 47.5 Å². The zero-order chi connectivity index (χ0) is 22.3. The SMILES string of the molecule is O=C(c1ncc(C2CCNC2)s1)N1CCN(S(=O)(=O)c2ccc3cc(Cl)ccc3c2)CC1. The average Bonchev–Trinajstić information content (AvgIpc) is 3.50. The molecule has 7 nitrogen and oxygen atoms in total. The van der Waals surface area contributed by atoms with Crippen LogP contribution in [0.5, 0.6) is 0 Å². The quantitative estimate of drug-likeness (QED) is 0.607. The predicted molar refractivity (Wildman–Crippen MR) is 126 cm³/mol. The topological polar surface area (TPSA) is 82.6 Å². The van der Waals surface area contributed by atoms with Crippen LogP contribution in [-0.4, -0.2) is 67.8 Å². The monoisotopic (exact) mass is 490 g/mol. The number of hydrogen-bond donors (Lipinski definition) is 1. The van der Waals surface area contributed by atoms with Gasteiger partial charge in [0.1, 0.15) is 0 Å². The van der Waals surface area contributed by atoms with E-state index in [9.17, 15) is 13.2 Å². The number of amides is 1. The van der Waals surface area contributed by atoms with Crippen molar-refractivity contribution in [3.63, 3.8) is 0 Å². The Hall–Kier alpha value is -2.04. The van der Waals surface area contributed by atoms with Gasteiger partial charge in [-0.25, -0.2) is 13.4 Å². The standard InChI is InChI=1S/C22H23ClN4O3S2/c23-18-3-1-16-12-19(4-2-15(16)11-18)32(29,30)27-9-7-26(8-10-27)22(28)21-25-14-20(31-21)17-5-6-24-13-17/h1-4,11-12,14,17,24H,5-10,13H2. The summed E-state index contributed by atoms with van der Waals surface area (Å²) in [6.45, 7) is 3.14. The summed E-state index contributed by atoms with van der Waals surface area (Å²) in [5.41, 5.74) is 0. The molecule has 3 heterocycles. The van der Waals surface area contributed by atoms with Gasteiger partial charge in [-0.2, -0.15) is 4.31 Å². The van der Waals surface area contributed by atoms with Crippen LogP contribution in [0.1, 0.15) is 27.0 Å². The zero-order valence-electron chi connectivity index (χ0n) is 17.3. The number of nitrogens with one attached hydrogen (secondary N) is 1. The number of rotatable bonds is 4. The van der Waals surface area contributed by atoms with Gasteiger partial charge in [0.15, 0.2) is 5.01 Å². The second-order valence-electron chi connectivity index (χ2n) is 8.11. The molecule has 1 unspecified atom stereocenters. The van der Waals surface area contributed by atoms with Crippen LogP contribution in [0, 0.1) is 0 Å². The maximum absolute atomic E-state index is 13.2. The third-order valence-corrected chi connectivity index (χ3v) is 9.38. The van der Waals surface area contributed by atoms with E-state index in [1.807, 2.05) is 18.3 Å². The van der Waals surface area contributed by atoms with E-state index in [2.05, 4.69) is 10.3 Å². The third-order valence-electron chi connectivity index (χ3n) is 6.11. The largest absolute Gasteiger partial charge is 0.334 e. The molecule has 0 spiro atoms. The fourth-order valence-corrected chi connectivity index (χ4v) is 6.90. The molecule has 5 rings (SSSR count). The molecular formula is C22H23ClN4O3S2. The highest BCUT2D eigenvalue weighted by atomic mass is 35.5. The number of nitrogens with zero attached hydrogens (tertiary/aromatic N) is 3. The van der Waals surface area contributed by atoms with Gasteiger partial charge in [0.2, 0.25) is 10.0 Å². The molecule has 0 bridgehead atoms. The molecular weight excluding hydrogens is 468 g/mol. The first-order chi connectivity index (χ1) is 15.4. The highest BCUT2D eigenvalue weighted by Crippen LogP contribution is 2.29. The van der Waals surface area contributed by atoms with Crippen molar-refractivity contribution in [3.8, 4) is 0 Å². The summed E-state index contributed by atoms with van der Waals surface area (Å²) in [5.74, 6) is 0.306. The molecule has 2 aromatic carbocycles. The molecule has 2 saturated heterocycles. The fourth-order valence-electron chi connectivity index (χ4n) is 4.24. The molecule has 1 N–H and O–H groups in total. The normalized spacial score (nSPS) is 20.2. The van der Waals surface area contributed by atoms with Crippen molar-refractivity contribution >= 4 is 49.6 Å². The van der Waals surface area contributed by atoms with E-state index in [0.717, 1.165) is 35.2 Å². The van der Waals surface area contributed by atoms with Crippen molar-refractivity contribution in [1.82, 2.24) is 19.5 Å². The fraction of sp³-hybridized carbons (Fsp3) is 0.364. The Labute approximate surface area is 196 Å². The van der Waals surface area contributed by atoms with E-state index >= 15 is 0 Å². The number of thiazole rings is 1. The van der Waals surface area contributed by atoms with Crippen LogP contribution >= 0.6 is 22.9 Å². The number of carbonyl (C=O) groups is 1. The minimum Gasteiger partial charge on any atom is -0.334 e. The van der Waals surface area contributed by atoms with E-state index in [-0.39, 0.29) is 23.9 Å².